The highest BCUT2D eigenvalue weighted by Gasteiger charge is 2.05. The molecular formula is C10H13N5O. The predicted molar refractivity (Wildman–Crippen MR) is 57.8 cm³/mol. The van der Waals surface area contributed by atoms with E-state index in [1.54, 1.807) is 24.9 Å². The number of imidazole rings is 2. The van der Waals surface area contributed by atoms with E-state index < -0.39 is 0 Å². The monoisotopic (exact) mass is 219 g/mol. The van der Waals surface area contributed by atoms with Gasteiger partial charge in [-0.3, -0.25) is 4.79 Å². The highest BCUT2D eigenvalue weighted by molar-refractivity contribution is 5.90. The van der Waals surface area contributed by atoms with Crippen molar-refractivity contribution in [3.05, 3.63) is 36.9 Å². The minimum Gasteiger partial charge on any atom is -0.349 e. The van der Waals surface area contributed by atoms with E-state index in [1.807, 2.05) is 10.8 Å². The number of carbonyl (C=O) groups is 1. The third-order valence-electron chi connectivity index (χ3n) is 2.15. The number of aryl methyl sites for hydroxylation is 1. The van der Waals surface area contributed by atoms with Gasteiger partial charge in [0.2, 0.25) is 0 Å². The van der Waals surface area contributed by atoms with Gasteiger partial charge in [0.25, 0.3) is 5.91 Å². The van der Waals surface area contributed by atoms with Crippen LogP contribution in [0.25, 0.3) is 0 Å². The molecule has 0 fully saturated rings. The lowest BCUT2D eigenvalue weighted by atomic mass is 10.4. The van der Waals surface area contributed by atoms with Crippen LogP contribution in [0.5, 0.6) is 0 Å². The van der Waals surface area contributed by atoms with Crippen LogP contribution in [0.4, 0.5) is 0 Å². The van der Waals surface area contributed by atoms with Gasteiger partial charge in [-0.2, -0.15) is 0 Å². The number of aromatic amines is 1. The third kappa shape index (κ3) is 2.69. The van der Waals surface area contributed by atoms with Crippen LogP contribution < -0.4 is 5.32 Å². The molecule has 0 aliphatic carbocycles. The molecule has 16 heavy (non-hydrogen) atoms. The van der Waals surface area contributed by atoms with Gasteiger partial charge in [-0.05, 0) is 6.42 Å². The zero-order valence-electron chi connectivity index (χ0n) is 8.76. The first-order valence-corrected chi connectivity index (χ1v) is 5.09. The maximum Gasteiger partial charge on any atom is 0.287 e. The summed E-state index contributed by atoms with van der Waals surface area (Å²) in [6, 6.07) is 0. The Bertz CT molecular complexity index is 420. The molecule has 2 N–H and O–H groups in total. The van der Waals surface area contributed by atoms with Crippen LogP contribution in [-0.4, -0.2) is 32.0 Å². The maximum absolute atomic E-state index is 11.4. The molecule has 0 spiro atoms. The first-order valence-electron chi connectivity index (χ1n) is 5.09. The number of nitrogens with one attached hydrogen (secondary N) is 2. The molecule has 84 valence electrons. The number of H-pyrrole nitrogens is 1. The standard InChI is InChI=1S/C10H13N5O/c16-10(9-12-3-4-13-9)14-2-1-6-15-7-5-11-8-15/h3-5,7-8H,1-2,6H2,(H,12,13)(H,14,16). The van der Waals surface area contributed by atoms with Gasteiger partial charge in [0, 0.05) is 37.9 Å². The number of hydrogen-bond donors (Lipinski definition) is 2. The van der Waals surface area contributed by atoms with Crippen LogP contribution in [0.2, 0.25) is 0 Å². The molecule has 0 aromatic carbocycles. The van der Waals surface area contributed by atoms with E-state index in [2.05, 4.69) is 20.3 Å². The second-order valence-electron chi connectivity index (χ2n) is 3.35. The second kappa shape index (κ2) is 5.11. The average Bonchev–Trinajstić information content (AvgIpc) is 2.96. The molecule has 6 nitrogen and oxygen atoms in total. The molecule has 0 unspecified atom stereocenters. The summed E-state index contributed by atoms with van der Waals surface area (Å²) in [5.74, 6) is 0.179. The van der Waals surface area contributed by atoms with E-state index in [0.717, 1.165) is 13.0 Å². The molecule has 0 saturated heterocycles. The largest absolute Gasteiger partial charge is 0.349 e. The molecule has 0 saturated carbocycles. The average molecular weight is 219 g/mol. The van der Waals surface area contributed by atoms with E-state index in [0.29, 0.717) is 12.4 Å². The molecule has 0 bridgehead atoms. The fraction of sp³-hybridized carbons (Fsp3) is 0.300. The van der Waals surface area contributed by atoms with Gasteiger partial charge < -0.3 is 14.9 Å². The Morgan fingerprint density at radius 2 is 2.44 bits per heavy atom. The van der Waals surface area contributed by atoms with E-state index >= 15 is 0 Å². The van der Waals surface area contributed by atoms with Crippen LogP contribution in [0, 0.1) is 0 Å². The van der Waals surface area contributed by atoms with Crippen LogP contribution >= 0.6 is 0 Å². The maximum atomic E-state index is 11.4. The summed E-state index contributed by atoms with van der Waals surface area (Å²) in [5, 5.41) is 2.78. The van der Waals surface area contributed by atoms with Gasteiger partial charge >= 0.3 is 0 Å². The summed E-state index contributed by atoms with van der Waals surface area (Å²) < 4.78 is 1.97. The van der Waals surface area contributed by atoms with Crippen molar-refractivity contribution in [2.24, 2.45) is 0 Å². The molecule has 2 rings (SSSR count). The fourth-order valence-corrected chi connectivity index (χ4v) is 1.36. The van der Waals surface area contributed by atoms with E-state index in [-0.39, 0.29) is 5.91 Å². The van der Waals surface area contributed by atoms with Gasteiger partial charge in [-0.1, -0.05) is 0 Å². The van der Waals surface area contributed by atoms with Crippen molar-refractivity contribution < 1.29 is 4.79 Å². The normalized spacial score (nSPS) is 10.2. The number of rotatable bonds is 5. The van der Waals surface area contributed by atoms with Crippen molar-refractivity contribution in [3.63, 3.8) is 0 Å². The van der Waals surface area contributed by atoms with E-state index in [9.17, 15) is 4.79 Å². The summed E-state index contributed by atoms with van der Waals surface area (Å²) in [4.78, 5) is 22.0. The van der Waals surface area contributed by atoms with Crippen LogP contribution in [0.15, 0.2) is 31.1 Å². The van der Waals surface area contributed by atoms with Crippen molar-refractivity contribution in [2.75, 3.05) is 6.54 Å². The van der Waals surface area contributed by atoms with Crippen molar-refractivity contribution in [1.29, 1.82) is 0 Å². The van der Waals surface area contributed by atoms with Crippen molar-refractivity contribution in [1.82, 2.24) is 24.8 Å². The Kier molecular flexibility index (Phi) is 3.32. The highest BCUT2D eigenvalue weighted by atomic mass is 16.2. The minimum atomic E-state index is -0.171. The zero-order chi connectivity index (χ0) is 11.2. The molecule has 0 radical (unpaired) electrons. The van der Waals surface area contributed by atoms with Gasteiger partial charge in [-0.25, -0.2) is 9.97 Å². The zero-order valence-corrected chi connectivity index (χ0v) is 8.76. The first kappa shape index (κ1) is 10.4. The Morgan fingerprint density at radius 1 is 1.50 bits per heavy atom. The van der Waals surface area contributed by atoms with Crippen LogP contribution in [-0.2, 0) is 6.54 Å². The number of hydrogen-bond acceptors (Lipinski definition) is 3. The predicted octanol–water partition coefficient (Wildman–Crippen LogP) is 0.426. The van der Waals surface area contributed by atoms with Gasteiger partial charge in [0.15, 0.2) is 5.82 Å². The van der Waals surface area contributed by atoms with Crippen molar-refractivity contribution >= 4 is 5.91 Å². The fourth-order valence-electron chi connectivity index (χ4n) is 1.36. The lowest BCUT2D eigenvalue weighted by Crippen LogP contribution is -2.26. The molecule has 2 aromatic rings. The molecule has 2 aromatic heterocycles. The van der Waals surface area contributed by atoms with Gasteiger partial charge in [-0.15, -0.1) is 0 Å². The molecule has 6 heteroatoms. The van der Waals surface area contributed by atoms with Gasteiger partial charge in [0.05, 0.1) is 6.33 Å². The highest BCUT2D eigenvalue weighted by Crippen LogP contribution is 1.91. The first-order chi connectivity index (χ1) is 7.86. The molecule has 0 aliphatic heterocycles. The molecule has 1 amide bonds. The quantitative estimate of drug-likeness (QED) is 0.716. The topological polar surface area (TPSA) is 75.6 Å². The third-order valence-corrected chi connectivity index (χ3v) is 2.15. The van der Waals surface area contributed by atoms with E-state index in [1.165, 1.54) is 0 Å². The molecule has 2 heterocycles. The number of carbonyl (C=O) groups excluding carboxylic acids is 1. The van der Waals surface area contributed by atoms with Crippen molar-refractivity contribution in [2.45, 2.75) is 13.0 Å². The SMILES string of the molecule is O=C(NCCCn1ccnc1)c1ncc[nH]1. The van der Waals surface area contributed by atoms with E-state index in [4.69, 9.17) is 0 Å². The molecule has 0 aliphatic rings. The summed E-state index contributed by atoms with van der Waals surface area (Å²) in [7, 11) is 0. The van der Waals surface area contributed by atoms with Crippen LogP contribution in [0.1, 0.15) is 17.0 Å². The summed E-state index contributed by atoms with van der Waals surface area (Å²) >= 11 is 0. The Morgan fingerprint density at radius 3 is 3.12 bits per heavy atom. The lowest BCUT2D eigenvalue weighted by Gasteiger charge is -2.03. The Labute approximate surface area is 92.7 Å². The second-order valence-corrected chi connectivity index (χ2v) is 3.35. The Hall–Kier alpha value is -2.11. The number of aromatic nitrogens is 4. The summed E-state index contributed by atoms with van der Waals surface area (Å²) in [6.45, 7) is 1.47. The van der Waals surface area contributed by atoms with Crippen molar-refractivity contribution in [3.8, 4) is 0 Å². The summed E-state index contributed by atoms with van der Waals surface area (Å²) in [5.41, 5.74) is 0. The Balaban J connectivity index is 1.67. The number of amides is 1. The smallest absolute Gasteiger partial charge is 0.287 e. The van der Waals surface area contributed by atoms with Crippen LogP contribution in [0.3, 0.4) is 0 Å². The summed E-state index contributed by atoms with van der Waals surface area (Å²) in [6.07, 6.45) is 9.44. The lowest BCUT2D eigenvalue weighted by molar-refractivity contribution is 0.0943. The van der Waals surface area contributed by atoms with Gasteiger partial charge in [0.1, 0.15) is 0 Å². The molecular weight excluding hydrogens is 206 g/mol. The number of nitrogens with zero attached hydrogens (tertiary/aromatic N) is 3. The molecule has 0 atom stereocenters. The minimum absolute atomic E-state index is 0.171.